The van der Waals surface area contributed by atoms with Gasteiger partial charge in [0.05, 0.1) is 11.9 Å². The van der Waals surface area contributed by atoms with Crippen LogP contribution in [-0.2, 0) is 26.2 Å². The molecule has 0 aliphatic heterocycles. The molecule has 2 atom stereocenters. The maximum atomic E-state index is 13.5. The highest BCUT2D eigenvalue weighted by Crippen LogP contribution is 2.23. The van der Waals surface area contributed by atoms with E-state index in [4.69, 9.17) is 0 Å². The van der Waals surface area contributed by atoms with Gasteiger partial charge in [0.2, 0.25) is 21.8 Å². The van der Waals surface area contributed by atoms with Gasteiger partial charge < -0.3 is 10.2 Å². The molecular weight excluding hydrogens is 506 g/mol. The van der Waals surface area contributed by atoms with Gasteiger partial charge >= 0.3 is 0 Å². The number of nitrogens with zero attached hydrogens (tertiary/aromatic N) is 2. The first-order valence-corrected chi connectivity index (χ1v) is 13.4. The van der Waals surface area contributed by atoms with Crippen molar-refractivity contribution in [1.29, 1.82) is 0 Å². The third kappa shape index (κ3) is 7.85. The minimum atomic E-state index is -3.75. The number of nitrogens with one attached hydrogen (secondary N) is 1. The lowest BCUT2D eigenvalue weighted by atomic mass is 10.1. The molecule has 7 nitrogen and oxygen atoms in total. The van der Waals surface area contributed by atoms with Crippen molar-refractivity contribution >= 4 is 43.5 Å². The lowest BCUT2D eigenvalue weighted by Crippen LogP contribution is -2.52. The second-order valence-corrected chi connectivity index (χ2v) is 11.1. The highest BCUT2D eigenvalue weighted by molar-refractivity contribution is 9.10. The molecule has 2 amide bonds. The number of sulfonamides is 1. The van der Waals surface area contributed by atoms with E-state index in [9.17, 15) is 18.0 Å². The molecule has 0 saturated heterocycles. The first-order chi connectivity index (χ1) is 15.4. The molecule has 0 aromatic heterocycles. The largest absolute Gasteiger partial charge is 0.352 e. The number of rotatable bonds is 10. The molecule has 180 valence electrons. The standard InChI is InChI=1S/C24H32BrN3O4S/c1-6-18(3)26-24(30)19(4)27(15-20-12-10-17(2)11-13-20)23(29)16-28(33(5,31)32)22-9-7-8-21(25)14-22/h7-14,18-19H,6,15-16H2,1-5H3,(H,26,30)/t18-,19-/m1/s1. The fourth-order valence-electron chi connectivity index (χ4n) is 3.18. The van der Waals surface area contributed by atoms with Crippen molar-refractivity contribution in [2.75, 3.05) is 17.1 Å². The highest BCUT2D eigenvalue weighted by atomic mass is 79.9. The molecule has 2 aromatic carbocycles. The molecule has 0 aliphatic rings. The van der Waals surface area contributed by atoms with Gasteiger partial charge in [0.15, 0.2) is 0 Å². The predicted molar refractivity (Wildman–Crippen MR) is 135 cm³/mol. The van der Waals surface area contributed by atoms with E-state index in [-0.39, 0.29) is 18.5 Å². The molecule has 2 rings (SSSR count). The molecule has 9 heteroatoms. The Morgan fingerprint density at radius 1 is 1.09 bits per heavy atom. The molecule has 0 unspecified atom stereocenters. The number of amides is 2. The highest BCUT2D eigenvalue weighted by Gasteiger charge is 2.30. The molecule has 0 radical (unpaired) electrons. The summed E-state index contributed by atoms with van der Waals surface area (Å²) < 4.78 is 26.8. The summed E-state index contributed by atoms with van der Waals surface area (Å²) in [6.45, 7) is 7.26. The predicted octanol–water partition coefficient (Wildman–Crippen LogP) is 3.86. The maximum Gasteiger partial charge on any atom is 0.244 e. The zero-order valence-corrected chi connectivity index (χ0v) is 22.1. The van der Waals surface area contributed by atoms with Crippen molar-refractivity contribution in [3.63, 3.8) is 0 Å². The topological polar surface area (TPSA) is 86.8 Å². The smallest absolute Gasteiger partial charge is 0.244 e. The van der Waals surface area contributed by atoms with E-state index in [2.05, 4.69) is 21.2 Å². The average Bonchev–Trinajstić information content (AvgIpc) is 2.75. The van der Waals surface area contributed by atoms with E-state index in [1.165, 1.54) is 4.90 Å². The van der Waals surface area contributed by atoms with Crippen molar-refractivity contribution in [2.45, 2.75) is 52.7 Å². The molecule has 1 N–H and O–H groups in total. The van der Waals surface area contributed by atoms with E-state index in [0.717, 1.165) is 28.1 Å². The lowest BCUT2D eigenvalue weighted by Gasteiger charge is -2.32. The van der Waals surface area contributed by atoms with Gasteiger partial charge in [-0.25, -0.2) is 8.42 Å². The number of benzene rings is 2. The summed E-state index contributed by atoms with van der Waals surface area (Å²) in [4.78, 5) is 27.7. The summed E-state index contributed by atoms with van der Waals surface area (Å²) in [7, 11) is -3.75. The van der Waals surface area contributed by atoms with Gasteiger partial charge in [-0.05, 0) is 51.0 Å². The number of aryl methyl sites for hydroxylation is 1. The van der Waals surface area contributed by atoms with Crippen LogP contribution in [0.4, 0.5) is 5.69 Å². The van der Waals surface area contributed by atoms with E-state index in [1.54, 1.807) is 31.2 Å². The average molecular weight is 539 g/mol. The van der Waals surface area contributed by atoms with Crippen LogP contribution < -0.4 is 9.62 Å². The molecule has 0 aliphatic carbocycles. The van der Waals surface area contributed by atoms with Crippen LogP contribution in [-0.4, -0.2) is 50.0 Å². The van der Waals surface area contributed by atoms with Gasteiger partial charge in [-0.15, -0.1) is 0 Å². The molecule has 33 heavy (non-hydrogen) atoms. The molecule has 0 bridgehead atoms. The van der Waals surface area contributed by atoms with Gasteiger partial charge in [-0.2, -0.15) is 0 Å². The minimum Gasteiger partial charge on any atom is -0.352 e. The van der Waals surface area contributed by atoms with Crippen molar-refractivity contribution in [3.8, 4) is 0 Å². The molecule has 0 saturated carbocycles. The fraction of sp³-hybridized carbons (Fsp3) is 0.417. The second kappa shape index (κ2) is 11.7. The van der Waals surface area contributed by atoms with Gasteiger partial charge in [0, 0.05) is 17.1 Å². The SMILES string of the molecule is CC[C@@H](C)NC(=O)[C@@H](C)N(Cc1ccc(C)cc1)C(=O)CN(c1cccc(Br)c1)S(C)(=O)=O. The Kier molecular flexibility index (Phi) is 9.48. The summed E-state index contributed by atoms with van der Waals surface area (Å²) >= 11 is 3.34. The first kappa shape index (κ1) is 26.9. The van der Waals surface area contributed by atoms with E-state index in [0.29, 0.717) is 10.2 Å². The Bertz CT molecular complexity index is 1070. The van der Waals surface area contributed by atoms with Crippen LogP contribution in [0.1, 0.15) is 38.3 Å². The third-order valence-corrected chi connectivity index (χ3v) is 7.05. The molecule has 0 fully saturated rings. The van der Waals surface area contributed by atoms with Crippen LogP contribution in [0.3, 0.4) is 0 Å². The second-order valence-electron chi connectivity index (χ2n) is 8.25. The van der Waals surface area contributed by atoms with Gasteiger partial charge in [-0.1, -0.05) is 58.7 Å². The van der Waals surface area contributed by atoms with Crippen LogP contribution in [0.5, 0.6) is 0 Å². The zero-order chi connectivity index (χ0) is 24.8. The quantitative estimate of drug-likeness (QED) is 0.498. The minimum absolute atomic E-state index is 0.0366. The lowest BCUT2D eigenvalue weighted by molar-refractivity contribution is -0.139. The van der Waals surface area contributed by atoms with Crippen LogP contribution in [0.25, 0.3) is 0 Å². The van der Waals surface area contributed by atoms with Crippen LogP contribution in [0, 0.1) is 6.92 Å². The summed E-state index contributed by atoms with van der Waals surface area (Å²) in [5, 5.41) is 2.91. The Morgan fingerprint density at radius 3 is 2.27 bits per heavy atom. The van der Waals surface area contributed by atoms with Crippen LogP contribution in [0.2, 0.25) is 0 Å². The monoisotopic (exact) mass is 537 g/mol. The van der Waals surface area contributed by atoms with Gasteiger partial charge in [-0.3, -0.25) is 13.9 Å². The Balaban J connectivity index is 2.37. The number of anilines is 1. The number of halogens is 1. The van der Waals surface area contributed by atoms with Crippen molar-refractivity contribution in [2.24, 2.45) is 0 Å². The Labute approximate surface area is 205 Å². The van der Waals surface area contributed by atoms with Gasteiger partial charge in [0.25, 0.3) is 0 Å². The van der Waals surface area contributed by atoms with Crippen molar-refractivity contribution in [3.05, 3.63) is 64.1 Å². The maximum absolute atomic E-state index is 13.5. The third-order valence-electron chi connectivity index (χ3n) is 5.42. The zero-order valence-electron chi connectivity index (χ0n) is 19.7. The summed E-state index contributed by atoms with van der Waals surface area (Å²) in [6, 6.07) is 13.6. The number of hydrogen-bond acceptors (Lipinski definition) is 4. The Morgan fingerprint density at radius 2 is 1.73 bits per heavy atom. The van der Waals surface area contributed by atoms with Crippen molar-refractivity contribution in [1.82, 2.24) is 10.2 Å². The van der Waals surface area contributed by atoms with Crippen LogP contribution >= 0.6 is 15.9 Å². The number of carbonyl (C=O) groups is 2. The van der Waals surface area contributed by atoms with Crippen molar-refractivity contribution < 1.29 is 18.0 Å². The molecule has 0 spiro atoms. The number of carbonyl (C=O) groups excluding carboxylic acids is 2. The summed E-state index contributed by atoms with van der Waals surface area (Å²) in [6.07, 6.45) is 1.82. The summed E-state index contributed by atoms with van der Waals surface area (Å²) in [5.74, 6) is -0.744. The van der Waals surface area contributed by atoms with E-state index in [1.807, 2.05) is 45.0 Å². The fourth-order valence-corrected chi connectivity index (χ4v) is 4.41. The van der Waals surface area contributed by atoms with E-state index < -0.39 is 28.5 Å². The van der Waals surface area contributed by atoms with Crippen LogP contribution in [0.15, 0.2) is 53.0 Å². The first-order valence-electron chi connectivity index (χ1n) is 10.8. The van der Waals surface area contributed by atoms with Gasteiger partial charge in [0.1, 0.15) is 12.6 Å². The molecule has 0 heterocycles. The Hall–Kier alpha value is -2.39. The normalized spacial score (nSPS) is 13.2. The van der Waals surface area contributed by atoms with E-state index >= 15 is 0 Å². The summed E-state index contributed by atoms with van der Waals surface area (Å²) in [5.41, 5.74) is 2.30. The molecule has 2 aromatic rings. The number of hydrogen-bond donors (Lipinski definition) is 1. The molecular formula is C24H32BrN3O4S.